The lowest BCUT2D eigenvalue weighted by molar-refractivity contribution is -0.149. The molecule has 1 aliphatic heterocycles. The van der Waals surface area contributed by atoms with Crippen molar-refractivity contribution in [1.29, 1.82) is 0 Å². The van der Waals surface area contributed by atoms with Crippen molar-refractivity contribution in [3.05, 3.63) is 119 Å². The van der Waals surface area contributed by atoms with Gasteiger partial charge < -0.3 is 19.8 Å². The molecule has 1 amide bonds. The van der Waals surface area contributed by atoms with Crippen molar-refractivity contribution in [1.82, 2.24) is 15.3 Å². The Balaban J connectivity index is 1.67. The molecule has 2 unspecified atom stereocenters. The van der Waals surface area contributed by atoms with Crippen LogP contribution in [0.5, 0.6) is 6.01 Å². The molecular weight excluding hydrogens is 548 g/mol. The first-order chi connectivity index (χ1) is 20.8. The molecule has 0 aliphatic carbocycles. The normalized spacial score (nSPS) is 17.1. The van der Waals surface area contributed by atoms with Crippen LogP contribution in [-0.4, -0.2) is 50.7 Å². The Morgan fingerprint density at radius 3 is 2.16 bits per heavy atom. The number of rotatable bonds is 10. The van der Waals surface area contributed by atoms with Crippen LogP contribution in [0.25, 0.3) is 0 Å². The Morgan fingerprint density at radius 1 is 0.930 bits per heavy atom. The van der Waals surface area contributed by atoms with E-state index >= 15 is 0 Å². The molecule has 3 N–H and O–H groups in total. The number of hydrogen-bond acceptors (Lipinski definition) is 7. The van der Waals surface area contributed by atoms with Gasteiger partial charge in [0.2, 0.25) is 12.0 Å². The number of ether oxygens (including phenoxy) is 1. The summed E-state index contributed by atoms with van der Waals surface area (Å²) in [6, 6.07) is 24.3. The number of hydrogen-bond donors (Lipinski definition) is 3. The summed E-state index contributed by atoms with van der Waals surface area (Å²) in [4.78, 5) is 48.8. The van der Waals surface area contributed by atoms with E-state index in [0.29, 0.717) is 35.2 Å². The second-order valence-electron chi connectivity index (χ2n) is 10.2. The zero-order valence-corrected chi connectivity index (χ0v) is 23.9. The minimum absolute atomic E-state index is 0.0517. The molecule has 10 heteroatoms. The van der Waals surface area contributed by atoms with Gasteiger partial charge in [-0.15, -0.1) is 0 Å². The van der Waals surface area contributed by atoms with E-state index in [9.17, 15) is 24.6 Å². The van der Waals surface area contributed by atoms with Crippen LogP contribution >= 0.6 is 0 Å². The summed E-state index contributed by atoms with van der Waals surface area (Å²) >= 11 is 0. The van der Waals surface area contributed by atoms with Gasteiger partial charge in [-0.1, -0.05) is 74.5 Å². The number of aliphatic carboxylic acids is 1. The number of carboxylic acids is 2. The SMILES string of the molecule is CCc1cc(CC)nc(OC(C(=O)O)C2(c3ccccc3)NCC(=O)N(Cc3ccc(C(=O)O)cc3)c3ccccc32)n1. The van der Waals surface area contributed by atoms with Crippen LogP contribution in [0.15, 0.2) is 84.9 Å². The van der Waals surface area contributed by atoms with Gasteiger partial charge in [0.05, 0.1) is 18.7 Å². The molecule has 2 heterocycles. The average Bonchev–Trinajstić information content (AvgIpc) is 3.15. The molecule has 0 saturated heterocycles. The molecule has 0 bridgehead atoms. The molecule has 2 atom stereocenters. The number of para-hydroxylation sites is 1. The van der Waals surface area contributed by atoms with Crippen LogP contribution in [0.4, 0.5) is 5.69 Å². The monoisotopic (exact) mass is 580 g/mol. The molecule has 220 valence electrons. The molecule has 5 rings (SSSR count). The van der Waals surface area contributed by atoms with Gasteiger partial charge in [0, 0.05) is 22.6 Å². The number of fused-ring (bicyclic) bond motifs is 1. The fraction of sp³-hybridized carbons (Fsp3) is 0.242. The molecule has 43 heavy (non-hydrogen) atoms. The maximum atomic E-state index is 13.7. The van der Waals surface area contributed by atoms with E-state index in [0.717, 1.165) is 11.4 Å². The van der Waals surface area contributed by atoms with Crippen molar-refractivity contribution in [2.24, 2.45) is 0 Å². The van der Waals surface area contributed by atoms with Gasteiger partial charge in [0.15, 0.2) is 0 Å². The standard InChI is InChI=1S/C33H32N4O6/c1-3-24-18-25(4-2)36-32(35-24)43-29(31(41)42)33(23-10-6-5-7-11-23)26-12-8-9-13-27(26)37(28(38)19-34-33)20-21-14-16-22(17-15-21)30(39)40/h5-18,29,34H,3-4,19-20H2,1-2H3,(H,39,40)(H,41,42). The lowest BCUT2D eigenvalue weighted by Crippen LogP contribution is -2.58. The first kappa shape index (κ1) is 29.4. The molecule has 3 aromatic carbocycles. The summed E-state index contributed by atoms with van der Waals surface area (Å²) in [6.45, 7) is 3.83. The minimum atomic E-state index is -1.57. The topological polar surface area (TPSA) is 142 Å². The van der Waals surface area contributed by atoms with Crippen molar-refractivity contribution < 1.29 is 29.3 Å². The fourth-order valence-electron chi connectivity index (χ4n) is 5.41. The summed E-state index contributed by atoms with van der Waals surface area (Å²) in [5.74, 6) is -2.60. The third kappa shape index (κ3) is 5.82. The minimum Gasteiger partial charge on any atom is -0.478 e. The number of carbonyl (C=O) groups excluding carboxylic acids is 1. The van der Waals surface area contributed by atoms with E-state index in [2.05, 4.69) is 15.3 Å². The summed E-state index contributed by atoms with van der Waals surface area (Å²) in [5.41, 5.74) is 2.37. The van der Waals surface area contributed by atoms with Crippen LogP contribution in [0.1, 0.15) is 52.3 Å². The van der Waals surface area contributed by atoms with Crippen LogP contribution in [0.3, 0.4) is 0 Å². The predicted molar refractivity (Wildman–Crippen MR) is 159 cm³/mol. The Labute approximate surface area is 249 Å². The highest BCUT2D eigenvalue weighted by Crippen LogP contribution is 2.42. The van der Waals surface area contributed by atoms with Gasteiger partial charge in [0.25, 0.3) is 0 Å². The van der Waals surface area contributed by atoms with Crippen molar-refractivity contribution in [3.8, 4) is 6.01 Å². The van der Waals surface area contributed by atoms with E-state index in [1.54, 1.807) is 65.6 Å². The highest BCUT2D eigenvalue weighted by atomic mass is 16.5. The third-order valence-corrected chi connectivity index (χ3v) is 7.59. The Morgan fingerprint density at radius 2 is 1.56 bits per heavy atom. The largest absolute Gasteiger partial charge is 0.478 e. The second-order valence-corrected chi connectivity index (χ2v) is 10.2. The Bertz CT molecular complexity index is 1620. The number of carbonyl (C=O) groups is 3. The lowest BCUT2D eigenvalue weighted by atomic mass is 9.77. The van der Waals surface area contributed by atoms with Crippen molar-refractivity contribution in [2.75, 3.05) is 11.4 Å². The molecule has 0 spiro atoms. The second kappa shape index (κ2) is 12.4. The van der Waals surface area contributed by atoms with Gasteiger partial charge >= 0.3 is 17.9 Å². The number of aromatic carboxylic acids is 1. The van der Waals surface area contributed by atoms with Crippen LogP contribution < -0.4 is 15.0 Å². The molecule has 4 aromatic rings. The maximum absolute atomic E-state index is 13.7. The molecule has 0 saturated carbocycles. The number of nitrogens with zero attached hydrogens (tertiary/aromatic N) is 3. The summed E-state index contributed by atoms with van der Waals surface area (Å²) in [6.07, 6.45) is -0.341. The summed E-state index contributed by atoms with van der Waals surface area (Å²) < 4.78 is 6.23. The number of amides is 1. The first-order valence-electron chi connectivity index (χ1n) is 14.1. The van der Waals surface area contributed by atoms with Gasteiger partial charge in [-0.05, 0) is 48.2 Å². The number of carboxylic acid groups (broad SMARTS) is 2. The number of nitrogens with one attached hydrogen (secondary N) is 1. The van der Waals surface area contributed by atoms with E-state index in [1.165, 1.54) is 12.1 Å². The molecule has 0 radical (unpaired) electrons. The Kier molecular flexibility index (Phi) is 8.49. The van der Waals surface area contributed by atoms with Crippen molar-refractivity contribution in [2.45, 2.75) is 44.9 Å². The summed E-state index contributed by atoms with van der Waals surface area (Å²) in [5, 5.41) is 23.3. The van der Waals surface area contributed by atoms with E-state index in [-0.39, 0.29) is 30.6 Å². The highest BCUT2D eigenvalue weighted by Gasteiger charge is 2.52. The quantitative estimate of drug-likeness (QED) is 0.251. The average molecular weight is 581 g/mol. The molecule has 1 aromatic heterocycles. The van der Waals surface area contributed by atoms with Crippen molar-refractivity contribution >= 4 is 23.5 Å². The zero-order valence-electron chi connectivity index (χ0n) is 23.9. The number of aryl methyl sites for hydroxylation is 2. The van der Waals surface area contributed by atoms with Gasteiger partial charge in [0.1, 0.15) is 5.54 Å². The fourth-order valence-corrected chi connectivity index (χ4v) is 5.41. The van der Waals surface area contributed by atoms with Gasteiger partial charge in [-0.2, -0.15) is 0 Å². The molecule has 0 fully saturated rings. The maximum Gasteiger partial charge on any atom is 0.347 e. The molecule has 10 nitrogen and oxygen atoms in total. The Hall–Kier alpha value is -5.09. The van der Waals surface area contributed by atoms with E-state index in [4.69, 9.17) is 4.74 Å². The zero-order chi connectivity index (χ0) is 30.6. The van der Waals surface area contributed by atoms with Crippen LogP contribution in [0, 0.1) is 0 Å². The van der Waals surface area contributed by atoms with Crippen LogP contribution in [-0.2, 0) is 34.5 Å². The smallest absolute Gasteiger partial charge is 0.347 e. The van der Waals surface area contributed by atoms with E-state index in [1.807, 2.05) is 26.0 Å². The molecule has 1 aliphatic rings. The lowest BCUT2D eigenvalue weighted by Gasteiger charge is -2.39. The predicted octanol–water partition coefficient (Wildman–Crippen LogP) is 4.21. The number of aromatic nitrogens is 2. The third-order valence-electron chi connectivity index (χ3n) is 7.59. The van der Waals surface area contributed by atoms with Gasteiger partial charge in [-0.3, -0.25) is 10.1 Å². The number of benzene rings is 3. The first-order valence-corrected chi connectivity index (χ1v) is 14.1. The van der Waals surface area contributed by atoms with Crippen molar-refractivity contribution in [3.63, 3.8) is 0 Å². The van der Waals surface area contributed by atoms with E-state index < -0.39 is 23.6 Å². The van der Waals surface area contributed by atoms with Gasteiger partial charge in [-0.25, -0.2) is 19.6 Å². The molecular formula is C33H32N4O6. The van der Waals surface area contributed by atoms with Crippen LogP contribution in [0.2, 0.25) is 0 Å². The summed E-state index contributed by atoms with van der Waals surface area (Å²) in [7, 11) is 0. The number of anilines is 1. The highest BCUT2D eigenvalue weighted by molar-refractivity contribution is 5.97.